The molecule has 19 heavy (non-hydrogen) atoms. The molecule has 0 spiro atoms. The molecule has 0 saturated carbocycles. The number of carbonyl (C=O) groups is 1. The van der Waals surface area contributed by atoms with Gasteiger partial charge in [-0.1, -0.05) is 0 Å². The lowest BCUT2D eigenvalue weighted by molar-refractivity contribution is -0.139. The Morgan fingerprint density at radius 1 is 1.63 bits per heavy atom. The molecule has 1 N–H and O–H groups in total. The molecule has 0 aliphatic heterocycles. The van der Waals surface area contributed by atoms with E-state index in [0.717, 1.165) is 30.9 Å². The smallest absolute Gasteiger partial charge is 0.312 e. The van der Waals surface area contributed by atoms with Gasteiger partial charge in [0.15, 0.2) is 11.6 Å². The summed E-state index contributed by atoms with van der Waals surface area (Å²) in [6, 6.07) is 3.67. The number of carboxylic acid groups (broad SMARTS) is 1. The van der Waals surface area contributed by atoms with Crippen molar-refractivity contribution < 1.29 is 14.3 Å². The van der Waals surface area contributed by atoms with Crippen LogP contribution in [-0.2, 0) is 17.8 Å². The number of aromatic nitrogens is 2. The van der Waals surface area contributed by atoms with Crippen LogP contribution in [0.3, 0.4) is 0 Å². The maximum atomic E-state index is 11.3. The summed E-state index contributed by atoms with van der Waals surface area (Å²) in [7, 11) is 0. The summed E-state index contributed by atoms with van der Waals surface area (Å²) in [5.74, 6) is 0.170. The molecule has 5 heteroatoms. The van der Waals surface area contributed by atoms with Gasteiger partial charge in [0.05, 0.1) is 12.0 Å². The Bertz CT molecular complexity index is 598. The van der Waals surface area contributed by atoms with Crippen LogP contribution in [0.2, 0.25) is 0 Å². The summed E-state index contributed by atoms with van der Waals surface area (Å²) < 4.78 is 7.48. The highest BCUT2D eigenvalue weighted by Gasteiger charge is 2.32. The molecule has 3 rings (SSSR count). The minimum Gasteiger partial charge on any atom is -0.481 e. The molecule has 1 unspecified atom stereocenters. The van der Waals surface area contributed by atoms with E-state index in [4.69, 9.17) is 4.42 Å². The minimum atomic E-state index is -0.785. The largest absolute Gasteiger partial charge is 0.481 e. The van der Waals surface area contributed by atoms with Crippen molar-refractivity contribution in [3.63, 3.8) is 0 Å². The third-order valence-corrected chi connectivity index (χ3v) is 3.70. The molecule has 0 amide bonds. The molecule has 2 heterocycles. The van der Waals surface area contributed by atoms with Crippen molar-refractivity contribution in [2.24, 2.45) is 0 Å². The number of fused-ring (bicyclic) bond motifs is 1. The Balaban J connectivity index is 2.16. The number of imidazole rings is 1. The zero-order chi connectivity index (χ0) is 13.4. The molecule has 1 aliphatic carbocycles. The lowest BCUT2D eigenvalue weighted by Gasteiger charge is -2.19. The average molecular weight is 260 g/mol. The van der Waals surface area contributed by atoms with Crippen LogP contribution in [0.4, 0.5) is 0 Å². The SMILES string of the molecule is CCn1c(-c2ccco2)nc2c1CCCC2C(=O)O. The maximum Gasteiger partial charge on any atom is 0.312 e. The van der Waals surface area contributed by atoms with Crippen LogP contribution in [-0.4, -0.2) is 20.6 Å². The first-order valence-corrected chi connectivity index (χ1v) is 6.58. The van der Waals surface area contributed by atoms with Gasteiger partial charge in [-0.05, 0) is 38.3 Å². The monoisotopic (exact) mass is 260 g/mol. The molecule has 0 aromatic carbocycles. The molecular formula is C14H16N2O3. The first-order valence-electron chi connectivity index (χ1n) is 6.58. The highest BCUT2D eigenvalue weighted by molar-refractivity contribution is 5.76. The second-order valence-corrected chi connectivity index (χ2v) is 4.77. The normalized spacial score (nSPS) is 18.3. The van der Waals surface area contributed by atoms with Crippen LogP contribution < -0.4 is 0 Å². The fourth-order valence-corrected chi connectivity index (χ4v) is 2.83. The molecule has 0 radical (unpaired) electrons. The fraction of sp³-hybridized carbons (Fsp3) is 0.429. The summed E-state index contributed by atoms with van der Waals surface area (Å²) in [4.78, 5) is 15.9. The molecule has 2 aromatic heterocycles. The number of carboxylic acids is 1. The molecule has 5 nitrogen and oxygen atoms in total. The predicted octanol–water partition coefficient (Wildman–Crippen LogP) is 2.67. The van der Waals surface area contributed by atoms with Gasteiger partial charge >= 0.3 is 5.97 Å². The highest BCUT2D eigenvalue weighted by Crippen LogP contribution is 2.34. The second-order valence-electron chi connectivity index (χ2n) is 4.77. The van der Waals surface area contributed by atoms with Crippen molar-refractivity contribution in [1.29, 1.82) is 0 Å². The number of hydrogen-bond acceptors (Lipinski definition) is 3. The number of furan rings is 1. The van der Waals surface area contributed by atoms with Crippen molar-refractivity contribution >= 4 is 5.97 Å². The van der Waals surface area contributed by atoms with Gasteiger partial charge in [-0.15, -0.1) is 0 Å². The minimum absolute atomic E-state index is 0.481. The van der Waals surface area contributed by atoms with Gasteiger partial charge in [0, 0.05) is 12.2 Å². The number of aliphatic carboxylic acids is 1. The Hall–Kier alpha value is -2.04. The molecule has 1 atom stereocenters. The lowest BCUT2D eigenvalue weighted by atomic mass is 9.90. The summed E-state index contributed by atoms with van der Waals surface area (Å²) >= 11 is 0. The molecule has 0 bridgehead atoms. The topological polar surface area (TPSA) is 68.3 Å². The van der Waals surface area contributed by atoms with Crippen molar-refractivity contribution in [3.8, 4) is 11.6 Å². The van der Waals surface area contributed by atoms with E-state index >= 15 is 0 Å². The van der Waals surface area contributed by atoms with Crippen LogP contribution in [0.15, 0.2) is 22.8 Å². The van der Waals surface area contributed by atoms with Gasteiger partial charge in [-0.3, -0.25) is 4.79 Å². The fourth-order valence-electron chi connectivity index (χ4n) is 2.83. The molecular weight excluding hydrogens is 244 g/mol. The molecule has 100 valence electrons. The van der Waals surface area contributed by atoms with E-state index in [1.54, 1.807) is 6.26 Å². The number of rotatable bonds is 3. The van der Waals surface area contributed by atoms with Gasteiger partial charge < -0.3 is 14.1 Å². The third kappa shape index (κ3) is 1.85. The maximum absolute atomic E-state index is 11.3. The number of nitrogens with zero attached hydrogens (tertiary/aromatic N) is 2. The quantitative estimate of drug-likeness (QED) is 0.921. The number of hydrogen-bond donors (Lipinski definition) is 1. The van der Waals surface area contributed by atoms with Crippen molar-refractivity contribution in [3.05, 3.63) is 29.8 Å². The average Bonchev–Trinajstić information content (AvgIpc) is 3.04. The van der Waals surface area contributed by atoms with Crippen LogP contribution in [0.5, 0.6) is 0 Å². The third-order valence-electron chi connectivity index (χ3n) is 3.70. The van der Waals surface area contributed by atoms with Gasteiger partial charge in [-0.2, -0.15) is 0 Å². The van der Waals surface area contributed by atoms with Gasteiger partial charge in [0.25, 0.3) is 0 Å². The Kier molecular flexibility index (Phi) is 2.89. The standard InChI is InChI=1S/C14H16N2O3/c1-2-16-10-6-3-5-9(14(17)18)12(10)15-13(16)11-7-4-8-19-11/h4,7-9H,2-3,5-6H2,1H3,(H,17,18). The molecule has 0 saturated heterocycles. The summed E-state index contributed by atoms with van der Waals surface area (Å²) in [5, 5.41) is 9.32. The lowest BCUT2D eigenvalue weighted by Crippen LogP contribution is -2.19. The van der Waals surface area contributed by atoms with E-state index in [2.05, 4.69) is 9.55 Å². The summed E-state index contributed by atoms with van der Waals surface area (Å²) in [6.07, 6.45) is 4.06. The van der Waals surface area contributed by atoms with E-state index in [1.807, 2.05) is 19.1 Å². The van der Waals surface area contributed by atoms with E-state index in [1.165, 1.54) is 0 Å². The first kappa shape index (κ1) is 12.0. The Morgan fingerprint density at radius 2 is 2.47 bits per heavy atom. The predicted molar refractivity (Wildman–Crippen MR) is 68.9 cm³/mol. The zero-order valence-electron chi connectivity index (χ0n) is 10.8. The summed E-state index contributed by atoms with van der Waals surface area (Å²) in [5.41, 5.74) is 1.76. The molecule has 0 fully saturated rings. The van der Waals surface area contributed by atoms with E-state index < -0.39 is 11.9 Å². The van der Waals surface area contributed by atoms with Crippen LogP contribution in [0.1, 0.15) is 37.1 Å². The second kappa shape index (κ2) is 4.57. The van der Waals surface area contributed by atoms with Gasteiger partial charge in [0.2, 0.25) is 0 Å². The Morgan fingerprint density at radius 3 is 3.11 bits per heavy atom. The van der Waals surface area contributed by atoms with Gasteiger partial charge in [-0.25, -0.2) is 4.98 Å². The van der Waals surface area contributed by atoms with Crippen molar-refractivity contribution in [1.82, 2.24) is 9.55 Å². The Labute approximate surface area is 110 Å². The van der Waals surface area contributed by atoms with E-state index in [-0.39, 0.29) is 0 Å². The van der Waals surface area contributed by atoms with Crippen LogP contribution in [0.25, 0.3) is 11.6 Å². The molecule has 1 aliphatic rings. The van der Waals surface area contributed by atoms with E-state index in [0.29, 0.717) is 17.9 Å². The van der Waals surface area contributed by atoms with E-state index in [9.17, 15) is 9.90 Å². The van der Waals surface area contributed by atoms with Crippen molar-refractivity contribution in [2.75, 3.05) is 0 Å². The first-order chi connectivity index (χ1) is 9.22. The summed E-state index contributed by atoms with van der Waals surface area (Å²) in [6.45, 7) is 2.81. The van der Waals surface area contributed by atoms with Crippen LogP contribution in [0, 0.1) is 0 Å². The van der Waals surface area contributed by atoms with Gasteiger partial charge in [0.1, 0.15) is 5.92 Å². The van der Waals surface area contributed by atoms with Crippen molar-refractivity contribution in [2.45, 2.75) is 38.6 Å². The molecule has 2 aromatic rings. The van der Waals surface area contributed by atoms with Crippen LogP contribution >= 0.6 is 0 Å². The zero-order valence-corrected chi connectivity index (χ0v) is 10.8. The highest BCUT2D eigenvalue weighted by atomic mass is 16.4.